The molecule has 0 aromatic carbocycles. The van der Waals surface area contributed by atoms with E-state index < -0.39 is 0 Å². The highest BCUT2D eigenvalue weighted by Crippen LogP contribution is 2.13. The van der Waals surface area contributed by atoms with Crippen molar-refractivity contribution in [3.05, 3.63) is 16.8 Å². The summed E-state index contributed by atoms with van der Waals surface area (Å²) in [6.45, 7) is 2.12. The predicted octanol–water partition coefficient (Wildman–Crippen LogP) is 2.69. The van der Waals surface area contributed by atoms with Crippen molar-refractivity contribution < 1.29 is 4.42 Å². The molecular weight excluding hydrogens is 214 g/mol. The second-order valence-electron chi connectivity index (χ2n) is 1.73. The summed E-state index contributed by atoms with van der Waals surface area (Å²) in [6, 6.07) is 0. The molecule has 1 heterocycles. The highest BCUT2D eigenvalue weighted by molar-refractivity contribution is 9.10. The van der Waals surface area contributed by atoms with Gasteiger partial charge in [0.2, 0.25) is 0 Å². The van der Waals surface area contributed by atoms with Crippen LogP contribution in [0.25, 0.3) is 0 Å². The van der Waals surface area contributed by atoms with Gasteiger partial charge in [-0.3, -0.25) is 0 Å². The number of nitrogens with zero attached hydrogens (tertiary/aromatic N) is 1. The molecule has 0 saturated carbocycles. The van der Waals surface area contributed by atoms with Crippen LogP contribution in [0.3, 0.4) is 0 Å². The largest absolute Gasteiger partial charge is 0.439 e. The normalized spacial score (nSPS) is 10.2. The van der Waals surface area contributed by atoms with Crippen molar-refractivity contribution in [2.24, 2.45) is 0 Å². The van der Waals surface area contributed by atoms with Crippen LogP contribution >= 0.6 is 27.7 Å². The maximum atomic E-state index is 4.95. The first kappa shape index (κ1) is 8.14. The van der Waals surface area contributed by atoms with Gasteiger partial charge < -0.3 is 4.42 Å². The molecule has 2 nitrogen and oxygen atoms in total. The van der Waals surface area contributed by atoms with E-state index in [-0.39, 0.29) is 0 Å². The monoisotopic (exact) mass is 221 g/mol. The Morgan fingerprint density at radius 2 is 2.60 bits per heavy atom. The zero-order valence-electron chi connectivity index (χ0n) is 5.63. The van der Waals surface area contributed by atoms with E-state index in [1.54, 1.807) is 6.26 Å². The van der Waals surface area contributed by atoms with Crippen molar-refractivity contribution in [3.8, 4) is 0 Å². The topological polar surface area (TPSA) is 26.0 Å². The number of hydrogen-bond acceptors (Lipinski definition) is 3. The van der Waals surface area contributed by atoms with E-state index in [0.29, 0.717) is 4.80 Å². The minimum Gasteiger partial charge on any atom is -0.439 e. The lowest BCUT2D eigenvalue weighted by Gasteiger charge is -1.88. The Balaban J connectivity index is 2.42. The van der Waals surface area contributed by atoms with Gasteiger partial charge in [0.25, 0.3) is 4.80 Å². The Hall–Kier alpha value is 0.0400. The molecule has 0 N–H and O–H groups in total. The number of halogens is 1. The van der Waals surface area contributed by atoms with Crippen molar-refractivity contribution in [1.29, 1.82) is 0 Å². The molecule has 0 bridgehead atoms. The fourth-order valence-electron chi connectivity index (χ4n) is 0.555. The van der Waals surface area contributed by atoms with E-state index in [1.807, 2.05) is 11.8 Å². The van der Waals surface area contributed by atoms with Gasteiger partial charge in [0.1, 0.15) is 6.26 Å². The molecule has 0 amide bonds. The highest BCUT2D eigenvalue weighted by atomic mass is 79.9. The van der Waals surface area contributed by atoms with Crippen molar-refractivity contribution in [1.82, 2.24) is 4.98 Å². The molecule has 0 fully saturated rings. The van der Waals surface area contributed by atoms with Gasteiger partial charge in [-0.25, -0.2) is 4.98 Å². The molecule has 1 aromatic rings. The van der Waals surface area contributed by atoms with Gasteiger partial charge >= 0.3 is 0 Å². The lowest BCUT2D eigenvalue weighted by molar-refractivity contribution is 0.528. The summed E-state index contributed by atoms with van der Waals surface area (Å²) in [5.74, 6) is 2.05. The third-order valence-electron chi connectivity index (χ3n) is 0.978. The van der Waals surface area contributed by atoms with E-state index in [9.17, 15) is 0 Å². The van der Waals surface area contributed by atoms with E-state index in [4.69, 9.17) is 4.42 Å². The molecule has 0 aliphatic heterocycles. The number of oxazole rings is 1. The molecule has 0 spiro atoms. The van der Waals surface area contributed by atoms with Gasteiger partial charge in [0.15, 0.2) is 0 Å². The SMILES string of the molecule is CCSCc1coc(Br)n1. The summed E-state index contributed by atoms with van der Waals surface area (Å²) >= 11 is 4.97. The predicted molar refractivity (Wildman–Crippen MR) is 46.0 cm³/mol. The number of hydrogen-bond donors (Lipinski definition) is 0. The summed E-state index contributed by atoms with van der Waals surface area (Å²) in [4.78, 5) is 4.65. The van der Waals surface area contributed by atoms with Crippen LogP contribution in [-0.2, 0) is 5.75 Å². The first-order valence-corrected chi connectivity index (χ1v) is 4.95. The lowest BCUT2D eigenvalue weighted by Crippen LogP contribution is -1.78. The van der Waals surface area contributed by atoms with Crippen molar-refractivity contribution in [2.45, 2.75) is 12.7 Å². The molecule has 0 atom stereocenters. The zero-order chi connectivity index (χ0) is 7.40. The van der Waals surface area contributed by atoms with Gasteiger partial charge in [0, 0.05) is 21.7 Å². The average Bonchev–Trinajstić information content (AvgIpc) is 2.31. The van der Waals surface area contributed by atoms with Gasteiger partial charge in [-0.2, -0.15) is 11.8 Å². The second kappa shape index (κ2) is 4.03. The summed E-state index contributed by atoms with van der Waals surface area (Å²) in [5.41, 5.74) is 0.999. The maximum absolute atomic E-state index is 4.95. The Bertz CT molecular complexity index is 201. The molecule has 0 radical (unpaired) electrons. The molecule has 1 rings (SSSR count). The molecule has 1 aromatic heterocycles. The Labute approximate surface area is 72.5 Å². The van der Waals surface area contributed by atoms with Gasteiger partial charge in [-0.05, 0) is 5.75 Å². The summed E-state index contributed by atoms with van der Waals surface area (Å²) < 4.78 is 4.95. The summed E-state index contributed by atoms with van der Waals surface area (Å²) in [5, 5.41) is 0. The van der Waals surface area contributed by atoms with Crippen molar-refractivity contribution in [2.75, 3.05) is 5.75 Å². The number of thioether (sulfide) groups is 1. The van der Waals surface area contributed by atoms with E-state index in [1.165, 1.54) is 0 Å². The van der Waals surface area contributed by atoms with Crippen LogP contribution < -0.4 is 0 Å². The third-order valence-corrected chi connectivity index (χ3v) is 2.25. The minimum atomic E-state index is 0.569. The Morgan fingerprint density at radius 3 is 3.10 bits per heavy atom. The number of rotatable bonds is 3. The standard InChI is InChI=1S/C6H8BrNOS/c1-2-10-4-5-3-9-6(7)8-5/h3H,2,4H2,1H3. The first-order chi connectivity index (χ1) is 4.83. The number of aromatic nitrogens is 1. The van der Waals surface area contributed by atoms with Crippen molar-refractivity contribution >= 4 is 27.7 Å². The maximum Gasteiger partial charge on any atom is 0.264 e. The fourth-order valence-corrected chi connectivity index (χ4v) is 1.42. The molecule has 10 heavy (non-hydrogen) atoms. The molecular formula is C6H8BrNOS. The van der Waals surface area contributed by atoms with Crippen molar-refractivity contribution in [3.63, 3.8) is 0 Å². The van der Waals surface area contributed by atoms with Crippen LogP contribution in [0.5, 0.6) is 0 Å². The molecule has 0 aliphatic carbocycles. The van der Waals surface area contributed by atoms with E-state index in [2.05, 4.69) is 27.8 Å². The summed E-state index contributed by atoms with van der Waals surface area (Å²) in [6.07, 6.45) is 1.67. The molecule has 4 heteroatoms. The average molecular weight is 222 g/mol. The third kappa shape index (κ3) is 2.34. The molecule has 56 valence electrons. The molecule has 0 unspecified atom stereocenters. The van der Waals surface area contributed by atoms with Gasteiger partial charge in [0.05, 0.1) is 5.69 Å². The van der Waals surface area contributed by atoms with Crippen LogP contribution in [0.4, 0.5) is 0 Å². The van der Waals surface area contributed by atoms with Gasteiger partial charge in [-0.15, -0.1) is 0 Å². The van der Waals surface area contributed by atoms with Crippen LogP contribution in [-0.4, -0.2) is 10.7 Å². The highest BCUT2D eigenvalue weighted by Gasteiger charge is 1.98. The zero-order valence-corrected chi connectivity index (χ0v) is 8.04. The van der Waals surface area contributed by atoms with Crippen LogP contribution in [0, 0.1) is 0 Å². The minimum absolute atomic E-state index is 0.569. The lowest BCUT2D eigenvalue weighted by atomic mass is 10.6. The fraction of sp³-hybridized carbons (Fsp3) is 0.500. The second-order valence-corrected chi connectivity index (χ2v) is 3.68. The Kier molecular flexibility index (Phi) is 3.28. The smallest absolute Gasteiger partial charge is 0.264 e. The summed E-state index contributed by atoms with van der Waals surface area (Å²) in [7, 11) is 0. The van der Waals surface area contributed by atoms with Crippen LogP contribution in [0.15, 0.2) is 15.5 Å². The Morgan fingerprint density at radius 1 is 1.80 bits per heavy atom. The van der Waals surface area contributed by atoms with Crippen LogP contribution in [0.2, 0.25) is 0 Å². The van der Waals surface area contributed by atoms with E-state index >= 15 is 0 Å². The van der Waals surface area contributed by atoms with Gasteiger partial charge in [-0.1, -0.05) is 6.92 Å². The molecule has 0 saturated heterocycles. The van der Waals surface area contributed by atoms with Crippen LogP contribution in [0.1, 0.15) is 12.6 Å². The quantitative estimate of drug-likeness (QED) is 0.786. The molecule has 0 aliphatic rings. The van der Waals surface area contributed by atoms with E-state index in [0.717, 1.165) is 17.2 Å². The first-order valence-electron chi connectivity index (χ1n) is 3.00.